The van der Waals surface area contributed by atoms with Crippen LogP contribution in [0.4, 0.5) is 0 Å². The van der Waals surface area contributed by atoms with Crippen LogP contribution in [0.5, 0.6) is 0 Å². The summed E-state index contributed by atoms with van der Waals surface area (Å²) in [4.78, 5) is 16.4. The third-order valence-electron chi connectivity index (χ3n) is 2.98. The fourth-order valence-electron chi connectivity index (χ4n) is 1.50. The number of carboxylic acid groups (broad SMARTS) is 1. The Hall–Kier alpha value is -1.40. The first kappa shape index (κ1) is 12.1. The number of nitrogens with zero attached hydrogens (tertiary/aromatic N) is 2. The van der Waals surface area contributed by atoms with Crippen LogP contribution in [-0.4, -0.2) is 26.0 Å². The van der Waals surface area contributed by atoms with Crippen molar-refractivity contribution in [1.82, 2.24) is 14.7 Å². The molecule has 2 aromatic rings. The van der Waals surface area contributed by atoms with Crippen LogP contribution >= 0.6 is 11.3 Å². The highest BCUT2D eigenvalue weighted by Crippen LogP contribution is 2.14. The van der Waals surface area contributed by atoms with Crippen molar-refractivity contribution in [3.8, 4) is 0 Å². The second kappa shape index (κ2) is 4.46. The summed E-state index contributed by atoms with van der Waals surface area (Å²) in [6.45, 7) is 4.01. The third kappa shape index (κ3) is 2.32. The van der Waals surface area contributed by atoms with E-state index in [2.05, 4.69) is 10.3 Å². The SMILES string of the molecule is CCC(C)(NCc1cn2ccsc2n1)C(=O)O. The van der Waals surface area contributed by atoms with Crippen LogP contribution in [0, 0.1) is 0 Å². The van der Waals surface area contributed by atoms with Crippen molar-refractivity contribution >= 4 is 22.3 Å². The minimum absolute atomic E-state index is 0.463. The molecule has 2 N–H and O–H groups in total. The van der Waals surface area contributed by atoms with Gasteiger partial charge in [0.2, 0.25) is 0 Å². The molecule has 0 aromatic carbocycles. The average Bonchev–Trinajstić information content (AvgIpc) is 2.85. The number of fused-ring (bicyclic) bond motifs is 1. The van der Waals surface area contributed by atoms with Crippen molar-refractivity contribution in [3.63, 3.8) is 0 Å². The average molecular weight is 253 g/mol. The molecule has 6 heteroatoms. The largest absolute Gasteiger partial charge is 0.480 e. The lowest BCUT2D eigenvalue weighted by Gasteiger charge is -2.24. The molecule has 0 amide bonds. The Kier molecular flexibility index (Phi) is 3.17. The van der Waals surface area contributed by atoms with E-state index in [0.717, 1.165) is 10.7 Å². The Balaban J connectivity index is 2.07. The van der Waals surface area contributed by atoms with Crippen LogP contribution in [0.1, 0.15) is 26.0 Å². The smallest absolute Gasteiger partial charge is 0.323 e. The van der Waals surface area contributed by atoms with Gasteiger partial charge in [-0.25, -0.2) is 4.98 Å². The molecule has 0 bridgehead atoms. The van der Waals surface area contributed by atoms with Gasteiger partial charge in [0.05, 0.1) is 5.69 Å². The Morgan fingerprint density at radius 3 is 3.06 bits per heavy atom. The zero-order chi connectivity index (χ0) is 12.5. The molecule has 0 spiro atoms. The molecule has 0 aliphatic carbocycles. The van der Waals surface area contributed by atoms with E-state index < -0.39 is 11.5 Å². The highest BCUT2D eigenvalue weighted by atomic mass is 32.1. The molecule has 1 atom stereocenters. The minimum atomic E-state index is -0.892. The first-order chi connectivity index (χ1) is 8.05. The van der Waals surface area contributed by atoms with E-state index in [1.54, 1.807) is 18.3 Å². The number of hydrogen-bond acceptors (Lipinski definition) is 4. The maximum atomic E-state index is 11.1. The Morgan fingerprint density at radius 1 is 1.71 bits per heavy atom. The molecule has 2 heterocycles. The molecule has 0 saturated heterocycles. The number of aromatic nitrogens is 2. The van der Waals surface area contributed by atoms with Gasteiger partial charge in [0.15, 0.2) is 4.96 Å². The van der Waals surface area contributed by atoms with Crippen LogP contribution in [-0.2, 0) is 11.3 Å². The molecule has 2 aromatic heterocycles. The summed E-state index contributed by atoms with van der Waals surface area (Å²) >= 11 is 1.56. The lowest BCUT2D eigenvalue weighted by molar-refractivity contribution is -0.144. The lowest BCUT2D eigenvalue weighted by atomic mass is 9.99. The van der Waals surface area contributed by atoms with Crippen molar-refractivity contribution in [2.24, 2.45) is 0 Å². The minimum Gasteiger partial charge on any atom is -0.480 e. The van der Waals surface area contributed by atoms with Gasteiger partial charge in [0.25, 0.3) is 0 Å². The molecule has 92 valence electrons. The quantitative estimate of drug-likeness (QED) is 0.851. The number of rotatable bonds is 5. The predicted molar refractivity (Wildman–Crippen MR) is 66.2 cm³/mol. The fraction of sp³-hybridized carbons (Fsp3) is 0.455. The molecule has 2 rings (SSSR count). The zero-order valence-electron chi connectivity index (χ0n) is 9.80. The number of thiazole rings is 1. The van der Waals surface area contributed by atoms with Crippen molar-refractivity contribution in [2.75, 3.05) is 0 Å². The van der Waals surface area contributed by atoms with E-state index in [1.807, 2.05) is 29.1 Å². The van der Waals surface area contributed by atoms with Gasteiger partial charge < -0.3 is 5.11 Å². The molecular weight excluding hydrogens is 238 g/mol. The summed E-state index contributed by atoms with van der Waals surface area (Å²) in [7, 11) is 0. The van der Waals surface area contributed by atoms with Gasteiger partial charge in [-0.05, 0) is 13.3 Å². The van der Waals surface area contributed by atoms with E-state index in [9.17, 15) is 4.79 Å². The normalized spacial score (nSPS) is 14.9. The first-order valence-corrected chi connectivity index (χ1v) is 6.32. The number of hydrogen-bond donors (Lipinski definition) is 2. The number of imidazole rings is 1. The van der Waals surface area contributed by atoms with Gasteiger partial charge >= 0.3 is 5.97 Å². The number of aliphatic carboxylic acids is 1. The zero-order valence-corrected chi connectivity index (χ0v) is 10.6. The molecule has 5 nitrogen and oxygen atoms in total. The van der Waals surface area contributed by atoms with Crippen LogP contribution in [0.25, 0.3) is 4.96 Å². The topological polar surface area (TPSA) is 66.6 Å². The first-order valence-electron chi connectivity index (χ1n) is 5.44. The van der Waals surface area contributed by atoms with Crippen LogP contribution in [0.15, 0.2) is 17.8 Å². The van der Waals surface area contributed by atoms with Gasteiger partial charge in [0, 0.05) is 24.3 Å². The van der Waals surface area contributed by atoms with Gasteiger partial charge in [-0.1, -0.05) is 6.92 Å². The standard InChI is InChI=1S/C11H15N3O2S/c1-3-11(2,9(15)16)12-6-8-7-14-4-5-17-10(14)13-8/h4-5,7,12H,3,6H2,1-2H3,(H,15,16). The fourth-order valence-corrected chi connectivity index (χ4v) is 2.22. The van der Waals surface area contributed by atoms with Crippen LogP contribution < -0.4 is 5.32 Å². The predicted octanol–water partition coefficient (Wildman–Crippen LogP) is 1.74. The van der Waals surface area contributed by atoms with E-state index >= 15 is 0 Å². The Bertz CT molecular complexity index is 505. The van der Waals surface area contributed by atoms with E-state index in [1.165, 1.54) is 0 Å². The molecule has 0 fully saturated rings. The van der Waals surface area contributed by atoms with Crippen LogP contribution in [0.3, 0.4) is 0 Å². The lowest BCUT2D eigenvalue weighted by Crippen LogP contribution is -2.48. The number of carbonyl (C=O) groups is 1. The highest BCUT2D eigenvalue weighted by molar-refractivity contribution is 7.15. The van der Waals surface area contributed by atoms with Gasteiger partial charge in [-0.2, -0.15) is 0 Å². The van der Waals surface area contributed by atoms with Crippen molar-refractivity contribution < 1.29 is 9.90 Å². The van der Waals surface area contributed by atoms with Crippen LogP contribution in [0.2, 0.25) is 0 Å². The maximum absolute atomic E-state index is 11.1. The summed E-state index contributed by atoms with van der Waals surface area (Å²) in [5.41, 5.74) is -0.0328. The molecule has 0 radical (unpaired) electrons. The molecular formula is C11H15N3O2S. The Morgan fingerprint density at radius 2 is 2.47 bits per heavy atom. The molecule has 0 saturated carbocycles. The number of nitrogens with one attached hydrogen (secondary N) is 1. The summed E-state index contributed by atoms with van der Waals surface area (Å²) in [5, 5.41) is 14.1. The van der Waals surface area contributed by atoms with E-state index in [-0.39, 0.29) is 0 Å². The van der Waals surface area contributed by atoms with Gasteiger partial charge in [-0.3, -0.25) is 14.5 Å². The third-order valence-corrected chi connectivity index (χ3v) is 3.75. The second-order valence-electron chi connectivity index (χ2n) is 4.17. The van der Waals surface area contributed by atoms with E-state index in [0.29, 0.717) is 13.0 Å². The van der Waals surface area contributed by atoms with Gasteiger partial charge in [-0.15, -0.1) is 11.3 Å². The summed E-state index contributed by atoms with van der Waals surface area (Å²) in [5.74, 6) is -0.832. The van der Waals surface area contributed by atoms with Crippen molar-refractivity contribution in [2.45, 2.75) is 32.4 Å². The molecule has 1 unspecified atom stereocenters. The second-order valence-corrected chi connectivity index (χ2v) is 5.04. The van der Waals surface area contributed by atoms with Gasteiger partial charge in [0.1, 0.15) is 5.54 Å². The molecule has 17 heavy (non-hydrogen) atoms. The number of carboxylic acids is 1. The summed E-state index contributed by atoms with van der Waals surface area (Å²) in [6, 6.07) is 0. The van der Waals surface area contributed by atoms with Crippen molar-refractivity contribution in [3.05, 3.63) is 23.5 Å². The monoisotopic (exact) mass is 253 g/mol. The van der Waals surface area contributed by atoms with Crippen molar-refractivity contribution in [1.29, 1.82) is 0 Å². The molecule has 0 aliphatic rings. The Labute approximate surface area is 103 Å². The highest BCUT2D eigenvalue weighted by Gasteiger charge is 2.30. The van der Waals surface area contributed by atoms with E-state index in [4.69, 9.17) is 5.11 Å². The summed E-state index contributed by atoms with van der Waals surface area (Å²) < 4.78 is 1.94. The summed E-state index contributed by atoms with van der Waals surface area (Å²) in [6.07, 6.45) is 4.38. The molecule has 0 aliphatic heterocycles. The maximum Gasteiger partial charge on any atom is 0.323 e.